The molecule has 0 aromatic heterocycles. The van der Waals surface area contributed by atoms with Crippen LogP contribution in [-0.4, -0.2) is 66.3 Å². The fraction of sp³-hybridized carbons (Fsp3) is 0.550. The quantitative estimate of drug-likeness (QED) is 0.803. The number of carbonyl (C=O) groups excluding carboxylic acids is 3. The summed E-state index contributed by atoms with van der Waals surface area (Å²) in [7, 11) is 0. The number of benzene rings is 1. The zero-order valence-electron chi connectivity index (χ0n) is 16.0. The summed E-state index contributed by atoms with van der Waals surface area (Å²) in [6.07, 6.45) is 2.01. The van der Waals surface area contributed by atoms with Gasteiger partial charge in [0.05, 0.1) is 19.7 Å². The highest BCUT2D eigenvalue weighted by molar-refractivity contribution is 5.95. The smallest absolute Gasteiger partial charge is 0.245 e. The zero-order chi connectivity index (χ0) is 19.4. The Morgan fingerprint density at radius 2 is 2.11 bits per heavy atom. The number of rotatable bonds is 6. The molecule has 0 aliphatic carbocycles. The second kappa shape index (κ2) is 8.41. The van der Waals surface area contributed by atoms with Crippen LogP contribution in [0.3, 0.4) is 0 Å². The summed E-state index contributed by atoms with van der Waals surface area (Å²) in [6, 6.07) is 5.58. The predicted octanol–water partition coefficient (Wildman–Crippen LogP) is 0.886. The van der Waals surface area contributed by atoms with E-state index < -0.39 is 6.04 Å². The van der Waals surface area contributed by atoms with E-state index in [1.807, 2.05) is 26.0 Å². The first kappa shape index (κ1) is 19.2. The van der Waals surface area contributed by atoms with Crippen LogP contribution in [0.5, 0.6) is 5.75 Å². The number of ether oxygens (including phenoxy) is 1. The van der Waals surface area contributed by atoms with Gasteiger partial charge in [0.25, 0.3) is 0 Å². The fourth-order valence-electron chi connectivity index (χ4n) is 3.70. The van der Waals surface area contributed by atoms with Gasteiger partial charge in [-0.15, -0.1) is 0 Å². The van der Waals surface area contributed by atoms with Crippen LogP contribution in [0.15, 0.2) is 18.2 Å². The van der Waals surface area contributed by atoms with Gasteiger partial charge in [-0.1, -0.05) is 12.1 Å². The Kier molecular flexibility index (Phi) is 5.98. The summed E-state index contributed by atoms with van der Waals surface area (Å²) in [5.41, 5.74) is 2.29. The van der Waals surface area contributed by atoms with E-state index in [9.17, 15) is 14.4 Å². The van der Waals surface area contributed by atoms with Gasteiger partial charge in [-0.25, -0.2) is 0 Å². The normalized spacial score (nSPS) is 19.6. The number of piperazine rings is 2. The number of hydrogen-bond donors (Lipinski definition) is 1. The number of nitrogens with zero attached hydrogens (tertiary/aromatic N) is 2. The molecular formula is C20H27N3O4. The molecule has 2 aliphatic heterocycles. The minimum Gasteiger partial charge on any atom is -0.494 e. The van der Waals surface area contributed by atoms with E-state index in [2.05, 4.69) is 11.4 Å². The van der Waals surface area contributed by atoms with Gasteiger partial charge in [0.2, 0.25) is 17.7 Å². The Morgan fingerprint density at radius 1 is 1.30 bits per heavy atom. The first-order valence-electron chi connectivity index (χ1n) is 9.57. The van der Waals surface area contributed by atoms with Crippen LogP contribution in [0.2, 0.25) is 0 Å². The van der Waals surface area contributed by atoms with E-state index in [4.69, 9.17) is 4.74 Å². The highest BCUT2D eigenvalue weighted by Gasteiger charge is 2.39. The largest absolute Gasteiger partial charge is 0.494 e. The third-order valence-electron chi connectivity index (χ3n) is 5.17. The molecule has 1 aromatic carbocycles. The van der Waals surface area contributed by atoms with Crippen LogP contribution in [-0.2, 0) is 20.8 Å². The maximum atomic E-state index is 12.5. The van der Waals surface area contributed by atoms with E-state index in [1.165, 1.54) is 5.56 Å². The monoisotopic (exact) mass is 373 g/mol. The van der Waals surface area contributed by atoms with Crippen LogP contribution in [0, 0.1) is 6.92 Å². The van der Waals surface area contributed by atoms with E-state index >= 15 is 0 Å². The molecule has 2 aliphatic rings. The molecule has 2 saturated heterocycles. The molecule has 3 rings (SSSR count). The molecule has 7 nitrogen and oxygen atoms in total. The topological polar surface area (TPSA) is 79.0 Å². The van der Waals surface area contributed by atoms with Crippen molar-refractivity contribution in [2.45, 2.75) is 39.2 Å². The summed E-state index contributed by atoms with van der Waals surface area (Å²) in [5.74, 6) is 0.702. The number of carbonyl (C=O) groups is 3. The van der Waals surface area contributed by atoms with Crippen LogP contribution < -0.4 is 10.1 Å². The average Bonchev–Trinajstić information content (AvgIpc) is 2.66. The van der Waals surface area contributed by atoms with Gasteiger partial charge in [-0.3, -0.25) is 14.4 Å². The molecule has 1 atom stereocenters. The molecule has 0 unspecified atom stereocenters. The highest BCUT2D eigenvalue weighted by atomic mass is 16.5. The van der Waals surface area contributed by atoms with Crippen LogP contribution >= 0.6 is 0 Å². The second-order valence-corrected chi connectivity index (χ2v) is 7.05. The van der Waals surface area contributed by atoms with Crippen molar-refractivity contribution >= 4 is 17.7 Å². The third kappa shape index (κ3) is 4.40. The third-order valence-corrected chi connectivity index (χ3v) is 5.17. The predicted molar refractivity (Wildman–Crippen MR) is 100 cm³/mol. The molecule has 3 amide bonds. The molecule has 0 saturated carbocycles. The van der Waals surface area contributed by atoms with Crippen molar-refractivity contribution < 1.29 is 19.1 Å². The lowest BCUT2D eigenvalue weighted by Gasteiger charge is -2.42. The molecular weight excluding hydrogens is 346 g/mol. The minimum absolute atomic E-state index is 0.0446. The Hall–Kier alpha value is -2.57. The second-order valence-electron chi connectivity index (χ2n) is 7.05. The van der Waals surface area contributed by atoms with Crippen molar-refractivity contribution in [2.24, 2.45) is 0 Å². The molecule has 0 spiro atoms. The molecule has 0 radical (unpaired) electrons. The zero-order valence-corrected chi connectivity index (χ0v) is 16.0. The van der Waals surface area contributed by atoms with Crippen LogP contribution in [0.25, 0.3) is 0 Å². The van der Waals surface area contributed by atoms with Crippen molar-refractivity contribution in [1.29, 1.82) is 0 Å². The molecule has 2 heterocycles. The summed E-state index contributed by atoms with van der Waals surface area (Å²) in [4.78, 5) is 39.7. The van der Waals surface area contributed by atoms with Gasteiger partial charge in [0.1, 0.15) is 11.8 Å². The number of nitrogens with one attached hydrogen (secondary N) is 1. The Balaban J connectivity index is 1.49. The summed E-state index contributed by atoms with van der Waals surface area (Å²) in [5, 5.41) is 2.60. The van der Waals surface area contributed by atoms with Crippen molar-refractivity contribution in [2.75, 3.05) is 32.8 Å². The van der Waals surface area contributed by atoms with Crippen molar-refractivity contribution in [3.8, 4) is 5.75 Å². The van der Waals surface area contributed by atoms with E-state index in [-0.39, 0.29) is 24.3 Å². The van der Waals surface area contributed by atoms with Crippen molar-refractivity contribution in [1.82, 2.24) is 15.1 Å². The Morgan fingerprint density at radius 3 is 2.85 bits per heavy atom. The maximum absolute atomic E-state index is 12.5. The minimum atomic E-state index is -0.544. The SMILES string of the molecule is CCOc1ccc(CCCC(=O)N2CCN3C(=O)CNC(=O)[C@H]3C2)cc1C. The van der Waals surface area contributed by atoms with Gasteiger partial charge in [-0.05, 0) is 43.9 Å². The molecule has 27 heavy (non-hydrogen) atoms. The Bertz CT molecular complexity index is 734. The lowest BCUT2D eigenvalue weighted by Crippen LogP contribution is -2.66. The van der Waals surface area contributed by atoms with Gasteiger partial charge >= 0.3 is 0 Å². The molecule has 1 N–H and O–H groups in total. The van der Waals surface area contributed by atoms with Crippen molar-refractivity contribution in [3.05, 3.63) is 29.3 Å². The summed E-state index contributed by atoms with van der Waals surface area (Å²) < 4.78 is 5.55. The van der Waals surface area contributed by atoms with Gasteiger partial charge < -0.3 is 19.9 Å². The van der Waals surface area contributed by atoms with Crippen LogP contribution in [0.4, 0.5) is 0 Å². The first-order chi connectivity index (χ1) is 13.0. The van der Waals surface area contributed by atoms with Gasteiger partial charge in [-0.2, -0.15) is 0 Å². The molecule has 7 heteroatoms. The van der Waals surface area contributed by atoms with Gasteiger partial charge in [0, 0.05) is 19.5 Å². The molecule has 1 aromatic rings. The number of fused-ring (bicyclic) bond motifs is 1. The lowest BCUT2D eigenvalue weighted by molar-refractivity contribution is -0.152. The molecule has 146 valence electrons. The number of hydrogen-bond acceptors (Lipinski definition) is 4. The molecule has 0 bridgehead atoms. The maximum Gasteiger partial charge on any atom is 0.245 e. The van der Waals surface area contributed by atoms with Crippen LogP contribution in [0.1, 0.15) is 30.9 Å². The fourth-order valence-corrected chi connectivity index (χ4v) is 3.70. The first-order valence-corrected chi connectivity index (χ1v) is 9.57. The van der Waals surface area contributed by atoms with E-state index in [0.29, 0.717) is 32.7 Å². The van der Waals surface area contributed by atoms with E-state index in [0.717, 1.165) is 24.2 Å². The number of amides is 3. The number of aryl methyl sites for hydroxylation is 2. The van der Waals surface area contributed by atoms with E-state index in [1.54, 1.807) is 9.80 Å². The van der Waals surface area contributed by atoms with Crippen molar-refractivity contribution in [3.63, 3.8) is 0 Å². The lowest BCUT2D eigenvalue weighted by atomic mass is 10.0. The molecule has 2 fully saturated rings. The standard InChI is InChI=1S/C20H27N3O4/c1-3-27-17-8-7-15(11-14(17)2)5-4-6-18(24)22-9-10-23-16(13-22)20(26)21-12-19(23)25/h7-8,11,16H,3-6,9-10,12-13H2,1-2H3,(H,21,26)/t16-/m1/s1. The highest BCUT2D eigenvalue weighted by Crippen LogP contribution is 2.21. The average molecular weight is 373 g/mol. The summed E-state index contributed by atoms with van der Waals surface area (Å²) in [6.45, 7) is 5.91. The Labute approximate surface area is 159 Å². The van der Waals surface area contributed by atoms with Gasteiger partial charge in [0.15, 0.2) is 0 Å². The summed E-state index contributed by atoms with van der Waals surface area (Å²) >= 11 is 0.